The number of halogens is 24. The zero-order chi connectivity index (χ0) is 59.3. The number of alkyl halides is 24. The number of hydrogen-bond donors (Lipinski definition) is 0. The van der Waals surface area contributed by atoms with E-state index in [0.717, 1.165) is 23.7 Å². The SMILES string of the molecule is Cc1ccc(C)c(Oc2cncc[n+]2Cc2ccccc2)c1.FC(F)(F)c1cc([B-](c2cc(C(F)(F)F)cc(C(F)(F)F)c2)(c2cc(C(F)(F)F)cc(C(F)(F)F)c2)c2cc(C(F)(F)F)cc(C(F)(F)F)c2)cc(C(F)(F)F)c1. The van der Waals surface area contributed by atoms with E-state index in [2.05, 4.69) is 46.8 Å². The van der Waals surface area contributed by atoms with Crippen LogP contribution in [0.3, 0.4) is 0 Å². The van der Waals surface area contributed by atoms with Gasteiger partial charge in [0, 0.05) is 5.56 Å². The number of benzene rings is 6. The molecule has 6 aromatic carbocycles. The van der Waals surface area contributed by atoms with Crippen LogP contribution in [0.25, 0.3) is 0 Å². The van der Waals surface area contributed by atoms with Gasteiger partial charge in [0.25, 0.3) is 0 Å². The third kappa shape index (κ3) is 14.3. The van der Waals surface area contributed by atoms with Gasteiger partial charge in [0.1, 0.15) is 18.1 Å². The highest BCUT2D eigenvalue weighted by molar-refractivity contribution is 7.20. The minimum atomic E-state index is -6.13. The lowest BCUT2D eigenvalue weighted by Gasteiger charge is -2.46. The van der Waals surface area contributed by atoms with Gasteiger partial charge in [0.2, 0.25) is 0 Å². The summed E-state index contributed by atoms with van der Waals surface area (Å²) in [4.78, 5) is 4.19. The minimum Gasteiger partial charge on any atom is -0.404 e. The van der Waals surface area contributed by atoms with Gasteiger partial charge in [-0.3, -0.25) is 0 Å². The molecule has 0 aliphatic heterocycles. The Labute approximate surface area is 429 Å². The van der Waals surface area contributed by atoms with E-state index >= 15 is 0 Å². The lowest BCUT2D eigenvalue weighted by atomic mass is 9.12. The first-order valence-corrected chi connectivity index (χ1v) is 22.0. The summed E-state index contributed by atoms with van der Waals surface area (Å²) in [6.07, 6.45) is -49.3. The molecule has 0 aliphatic carbocycles. The first-order chi connectivity index (χ1) is 36.0. The second-order valence-electron chi connectivity index (χ2n) is 17.6. The highest BCUT2D eigenvalue weighted by Gasteiger charge is 2.47. The van der Waals surface area contributed by atoms with E-state index in [4.69, 9.17) is 4.74 Å². The van der Waals surface area contributed by atoms with Gasteiger partial charge < -0.3 is 4.74 Å². The van der Waals surface area contributed by atoms with Crippen LogP contribution in [0, 0.1) is 13.8 Å². The molecule has 0 saturated heterocycles. The summed E-state index contributed by atoms with van der Waals surface area (Å²) >= 11 is 0. The van der Waals surface area contributed by atoms with Crippen LogP contribution < -0.4 is 31.2 Å². The summed E-state index contributed by atoms with van der Waals surface area (Å²) < 4.78 is 349. The van der Waals surface area contributed by atoms with Gasteiger partial charge in [0.15, 0.2) is 12.7 Å². The summed E-state index contributed by atoms with van der Waals surface area (Å²) in [6.45, 7) is 4.86. The summed E-state index contributed by atoms with van der Waals surface area (Å²) in [5.74, 6) is 1.61. The maximum absolute atomic E-state index is 14.2. The molecule has 1 aromatic heterocycles. The molecule has 3 nitrogen and oxygen atoms in total. The van der Waals surface area contributed by atoms with Gasteiger partial charge in [-0.05, 0) is 55.3 Å². The number of ether oxygens (including phenoxy) is 1. The number of nitrogens with zero attached hydrogens (tertiary/aromatic N) is 2. The Morgan fingerprint density at radius 1 is 0.392 bits per heavy atom. The highest BCUT2D eigenvalue weighted by atomic mass is 19.4. The van der Waals surface area contributed by atoms with Crippen molar-refractivity contribution in [3.05, 3.63) is 201 Å². The summed E-state index contributed by atoms with van der Waals surface area (Å²) in [5, 5.41) is 0. The molecule has 0 bridgehead atoms. The minimum absolute atomic E-state index is 0.691. The fourth-order valence-corrected chi connectivity index (χ4v) is 8.37. The van der Waals surface area contributed by atoms with Gasteiger partial charge >= 0.3 is 55.3 Å². The Kier molecular flexibility index (Phi) is 16.4. The molecule has 79 heavy (non-hydrogen) atoms. The second-order valence-corrected chi connectivity index (χ2v) is 17.6. The normalized spacial score (nSPS) is 13.2. The van der Waals surface area contributed by atoms with E-state index in [-0.39, 0.29) is 0 Å². The summed E-state index contributed by atoms with van der Waals surface area (Å²) in [5.41, 5.74) is -26.7. The second kappa shape index (κ2) is 21.3. The van der Waals surface area contributed by atoms with Crippen LogP contribution in [0.2, 0.25) is 0 Å². The van der Waals surface area contributed by atoms with Crippen molar-refractivity contribution in [2.45, 2.75) is 69.8 Å². The maximum Gasteiger partial charge on any atom is 0.416 e. The molecule has 0 unspecified atom stereocenters. The van der Waals surface area contributed by atoms with E-state index in [0.29, 0.717) is 0 Å². The monoisotopic (exact) mass is 1150 g/mol. The summed E-state index contributed by atoms with van der Waals surface area (Å²) in [7, 11) is 0. The molecular weight excluding hydrogens is 1120 g/mol. The number of aryl methyl sites for hydroxylation is 2. The van der Waals surface area contributed by atoms with Gasteiger partial charge in [0.05, 0.1) is 50.7 Å². The Morgan fingerprint density at radius 2 is 0.696 bits per heavy atom. The zero-order valence-electron chi connectivity index (χ0n) is 39.4. The third-order valence-electron chi connectivity index (χ3n) is 12.0. The quantitative estimate of drug-likeness (QED) is 0.0861. The zero-order valence-corrected chi connectivity index (χ0v) is 39.4. The molecule has 7 rings (SSSR count). The average molecular weight is 1150 g/mol. The molecule has 0 aliphatic rings. The van der Waals surface area contributed by atoms with Crippen molar-refractivity contribution in [3.63, 3.8) is 0 Å². The van der Waals surface area contributed by atoms with Crippen molar-refractivity contribution in [3.8, 4) is 11.6 Å². The van der Waals surface area contributed by atoms with Crippen LogP contribution >= 0.6 is 0 Å². The predicted molar refractivity (Wildman–Crippen MR) is 236 cm³/mol. The molecule has 0 radical (unpaired) electrons. The van der Waals surface area contributed by atoms with Crippen molar-refractivity contribution in [2.24, 2.45) is 0 Å². The average Bonchev–Trinajstić information content (AvgIpc) is 3.34. The molecule has 0 amide bonds. The lowest BCUT2D eigenvalue weighted by Crippen LogP contribution is -2.75. The van der Waals surface area contributed by atoms with E-state index in [1.165, 1.54) is 11.1 Å². The van der Waals surface area contributed by atoms with Crippen LogP contribution in [0.4, 0.5) is 105 Å². The Bertz CT molecular complexity index is 2880. The van der Waals surface area contributed by atoms with Crippen molar-refractivity contribution in [1.82, 2.24) is 4.98 Å². The lowest BCUT2D eigenvalue weighted by molar-refractivity contribution is -0.692. The number of rotatable bonds is 8. The third-order valence-corrected chi connectivity index (χ3v) is 12.0. The first kappa shape index (κ1) is 60.8. The molecule has 0 spiro atoms. The van der Waals surface area contributed by atoms with Crippen molar-refractivity contribution >= 4 is 28.0 Å². The predicted octanol–water partition coefficient (Wildman–Crippen LogP) is 15.0. The van der Waals surface area contributed by atoms with E-state index in [9.17, 15) is 105 Å². The molecule has 0 fully saturated rings. The van der Waals surface area contributed by atoms with Crippen LogP contribution in [0.1, 0.15) is 61.2 Å². The summed E-state index contributed by atoms with van der Waals surface area (Å²) in [6, 6.07) is 7.72. The number of hydrogen-bond acceptors (Lipinski definition) is 2. The van der Waals surface area contributed by atoms with Crippen LogP contribution in [-0.4, -0.2) is 11.1 Å². The first-order valence-electron chi connectivity index (χ1n) is 22.0. The van der Waals surface area contributed by atoms with Gasteiger partial charge in [-0.1, -0.05) is 91.0 Å². The topological polar surface area (TPSA) is 26.0 Å². The van der Waals surface area contributed by atoms with Gasteiger partial charge in [-0.15, -0.1) is 0 Å². The molecule has 422 valence electrons. The molecule has 0 N–H and O–H groups in total. The van der Waals surface area contributed by atoms with Crippen molar-refractivity contribution in [2.75, 3.05) is 0 Å². The molecule has 7 aromatic rings. The highest BCUT2D eigenvalue weighted by Crippen LogP contribution is 2.41. The Balaban J connectivity index is 0.000000378. The molecule has 28 heteroatoms. The fraction of sp³-hybridized carbons (Fsp3) is 0.216. The molecule has 0 atom stereocenters. The number of aromatic nitrogens is 2. The van der Waals surface area contributed by atoms with Gasteiger partial charge in [-0.25, -0.2) is 4.98 Å². The standard InChI is InChI=1S/C32H12BF24.C19H19N2O/c34-25(35,36)13-1-14(26(37,38)39)6-21(5-13)33(22-7-15(27(40,41)42)2-16(8-22)28(43,44)45,23-9-17(29(46,47)48)3-18(10-23)30(49,50)51)24-11-19(31(52,53)54)4-20(12-24)32(55,56)57;1-15-8-9-16(2)18(12-15)22-19-13-20-10-11-21(19)14-17-6-4-3-5-7-17/h1-12H;3-13H,14H2,1-2H3/q-1;+1. The smallest absolute Gasteiger partial charge is 0.404 e. The van der Waals surface area contributed by atoms with Crippen LogP contribution in [-0.2, 0) is 56.0 Å². The largest absolute Gasteiger partial charge is 0.416 e. The van der Waals surface area contributed by atoms with Crippen molar-refractivity contribution < 1.29 is 115 Å². The Hall–Kier alpha value is -7.42. The molecule has 1 heterocycles. The van der Waals surface area contributed by atoms with Crippen LogP contribution in [0.15, 0.2) is 140 Å². The Morgan fingerprint density at radius 3 is 0.987 bits per heavy atom. The van der Waals surface area contributed by atoms with E-state index in [1.54, 1.807) is 12.4 Å². The van der Waals surface area contributed by atoms with Crippen LogP contribution in [0.5, 0.6) is 11.6 Å². The maximum atomic E-state index is 14.2. The van der Waals surface area contributed by atoms with E-state index in [1.807, 2.05) is 31.3 Å². The van der Waals surface area contributed by atoms with Crippen molar-refractivity contribution in [1.29, 1.82) is 0 Å². The molecular formula is C51H31BF24N2O. The van der Waals surface area contributed by atoms with Gasteiger partial charge in [-0.2, -0.15) is 132 Å². The van der Waals surface area contributed by atoms with E-state index < -0.39 is 195 Å². The molecule has 0 saturated carbocycles. The fourth-order valence-electron chi connectivity index (χ4n) is 8.37.